The van der Waals surface area contributed by atoms with Crippen LogP contribution in [0.1, 0.15) is 25.8 Å². The second kappa shape index (κ2) is 5.43. The van der Waals surface area contributed by atoms with Gasteiger partial charge in [0.1, 0.15) is 5.75 Å². The lowest BCUT2D eigenvalue weighted by atomic mass is 10.2. The Hall–Kier alpha value is -1.91. The number of aryl methyl sites for hydroxylation is 1. The van der Waals surface area contributed by atoms with E-state index in [1.807, 2.05) is 0 Å². The Bertz CT molecular complexity index is 442. The number of nitrogens with zero attached hydrogens (tertiary/aromatic N) is 1. The zero-order valence-corrected chi connectivity index (χ0v) is 10.1. The molecule has 0 radical (unpaired) electrons. The maximum Gasteiger partial charge on any atom is 0.269 e. The van der Waals surface area contributed by atoms with Crippen LogP contribution in [0.4, 0.5) is 5.69 Å². The molecule has 0 fully saturated rings. The maximum atomic E-state index is 11.4. The molecule has 1 aromatic rings. The number of rotatable bonds is 5. The smallest absolute Gasteiger partial charge is 0.269 e. The Morgan fingerprint density at radius 1 is 1.53 bits per heavy atom. The molecule has 0 saturated carbocycles. The fraction of sp³-hybridized carbons (Fsp3) is 0.417. The number of Topliss-reactive ketones (excluding diaryl/α,β-unsaturated/α-hetero) is 1. The van der Waals surface area contributed by atoms with E-state index in [1.54, 1.807) is 20.8 Å². The van der Waals surface area contributed by atoms with Crippen LogP contribution in [-0.4, -0.2) is 16.8 Å². The quantitative estimate of drug-likeness (QED) is 0.583. The van der Waals surface area contributed by atoms with Crippen molar-refractivity contribution in [2.75, 3.05) is 0 Å². The third-order valence-corrected chi connectivity index (χ3v) is 2.47. The topological polar surface area (TPSA) is 69.4 Å². The number of nitro groups is 1. The molecule has 0 spiro atoms. The van der Waals surface area contributed by atoms with Gasteiger partial charge in [-0.2, -0.15) is 0 Å². The first-order chi connectivity index (χ1) is 7.95. The average molecular weight is 237 g/mol. The highest BCUT2D eigenvalue weighted by atomic mass is 16.6. The molecule has 92 valence electrons. The minimum absolute atomic E-state index is 0.00255. The molecule has 1 rings (SSSR count). The van der Waals surface area contributed by atoms with E-state index in [9.17, 15) is 14.9 Å². The second-order valence-corrected chi connectivity index (χ2v) is 3.79. The average Bonchev–Trinajstić information content (AvgIpc) is 2.30. The molecule has 1 aromatic carbocycles. The van der Waals surface area contributed by atoms with Crippen LogP contribution in [0, 0.1) is 17.0 Å². The lowest BCUT2D eigenvalue weighted by molar-refractivity contribution is -0.384. The molecule has 1 unspecified atom stereocenters. The molecule has 17 heavy (non-hydrogen) atoms. The first-order valence-electron chi connectivity index (χ1n) is 5.40. The molecule has 5 nitrogen and oxygen atoms in total. The Labute approximate surface area is 99.5 Å². The zero-order valence-electron chi connectivity index (χ0n) is 10.1. The van der Waals surface area contributed by atoms with Crippen molar-refractivity contribution < 1.29 is 14.5 Å². The van der Waals surface area contributed by atoms with E-state index >= 15 is 0 Å². The molecule has 0 aliphatic heterocycles. The highest BCUT2D eigenvalue weighted by Crippen LogP contribution is 2.24. The van der Waals surface area contributed by atoms with Gasteiger partial charge >= 0.3 is 0 Å². The Balaban J connectivity index is 2.86. The standard InChI is InChI=1S/C12H15NO4/c1-4-11(14)9(3)17-12-6-5-10(13(15)16)7-8(12)2/h5-7,9H,4H2,1-3H3. The van der Waals surface area contributed by atoms with Gasteiger partial charge in [0.25, 0.3) is 5.69 Å². The minimum atomic E-state index is -0.528. The number of ketones is 1. The number of nitro benzene ring substituents is 1. The second-order valence-electron chi connectivity index (χ2n) is 3.79. The Kier molecular flexibility index (Phi) is 4.20. The molecular weight excluding hydrogens is 222 g/mol. The van der Waals surface area contributed by atoms with E-state index < -0.39 is 11.0 Å². The van der Waals surface area contributed by atoms with Crippen molar-refractivity contribution in [1.82, 2.24) is 0 Å². The summed E-state index contributed by atoms with van der Waals surface area (Å²) in [6, 6.07) is 4.32. The molecule has 0 N–H and O–H groups in total. The van der Waals surface area contributed by atoms with Crippen molar-refractivity contribution in [3.05, 3.63) is 33.9 Å². The van der Waals surface area contributed by atoms with E-state index in [0.29, 0.717) is 17.7 Å². The number of non-ortho nitro benzene ring substituents is 1. The number of carbonyl (C=O) groups is 1. The summed E-state index contributed by atoms with van der Waals surface area (Å²) in [4.78, 5) is 21.5. The first-order valence-corrected chi connectivity index (χ1v) is 5.40. The summed E-state index contributed by atoms with van der Waals surface area (Å²) in [5.41, 5.74) is 0.666. The van der Waals surface area contributed by atoms with E-state index in [4.69, 9.17) is 4.74 Å². The highest BCUT2D eigenvalue weighted by molar-refractivity contribution is 5.82. The number of carbonyl (C=O) groups excluding carboxylic acids is 1. The molecule has 0 aliphatic carbocycles. The molecule has 0 aliphatic rings. The number of hydrogen-bond donors (Lipinski definition) is 0. The van der Waals surface area contributed by atoms with Crippen molar-refractivity contribution in [3.8, 4) is 5.75 Å². The third kappa shape index (κ3) is 3.27. The van der Waals surface area contributed by atoms with Gasteiger partial charge in [0.2, 0.25) is 0 Å². The highest BCUT2D eigenvalue weighted by Gasteiger charge is 2.15. The van der Waals surface area contributed by atoms with Crippen LogP contribution in [0.15, 0.2) is 18.2 Å². The van der Waals surface area contributed by atoms with Crippen molar-refractivity contribution >= 4 is 11.5 Å². The fourth-order valence-electron chi connectivity index (χ4n) is 1.42. The summed E-state index contributed by atoms with van der Waals surface area (Å²) in [6.07, 6.45) is -0.118. The first kappa shape index (κ1) is 13.2. The van der Waals surface area contributed by atoms with Crippen molar-refractivity contribution in [1.29, 1.82) is 0 Å². The summed E-state index contributed by atoms with van der Waals surface area (Å²) in [6.45, 7) is 5.16. The Morgan fingerprint density at radius 2 is 2.18 bits per heavy atom. The third-order valence-electron chi connectivity index (χ3n) is 2.47. The largest absolute Gasteiger partial charge is 0.483 e. The number of ether oxygens (including phenoxy) is 1. The summed E-state index contributed by atoms with van der Waals surface area (Å²) in [5, 5.41) is 10.6. The molecule has 0 heterocycles. The number of hydrogen-bond acceptors (Lipinski definition) is 4. The minimum Gasteiger partial charge on any atom is -0.483 e. The van der Waals surface area contributed by atoms with Gasteiger partial charge < -0.3 is 4.74 Å². The summed E-state index contributed by atoms with van der Waals surface area (Å²) < 4.78 is 5.46. The van der Waals surface area contributed by atoms with Gasteiger partial charge in [0.05, 0.1) is 4.92 Å². The summed E-state index contributed by atoms with van der Waals surface area (Å²) in [5.74, 6) is 0.507. The molecule has 1 atom stereocenters. The molecule has 0 amide bonds. The van der Waals surface area contributed by atoms with Gasteiger partial charge in [-0.05, 0) is 25.5 Å². The molecular formula is C12H15NO4. The molecule has 0 bridgehead atoms. The van der Waals surface area contributed by atoms with Crippen molar-refractivity contribution in [2.45, 2.75) is 33.3 Å². The van der Waals surface area contributed by atoms with Crippen molar-refractivity contribution in [3.63, 3.8) is 0 Å². The zero-order chi connectivity index (χ0) is 13.0. The maximum absolute atomic E-state index is 11.4. The van der Waals surface area contributed by atoms with Gasteiger partial charge in [-0.15, -0.1) is 0 Å². The molecule has 0 saturated heterocycles. The summed E-state index contributed by atoms with van der Waals surface area (Å²) in [7, 11) is 0. The Morgan fingerprint density at radius 3 is 2.65 bits per heavy atom. The van der Waals surface area contributed by atoms with Crippen LogP contribution in [0.3, 0.4) is 0 Å². The van der Waals surface area contributed by atoms with E-state index in [-0.39, 0.29) is 11.5 Å². The van der Waals surface area contributed by atoms with Gasteiger partial charge in [0, 0.05) is 18.6 Å². The van der Waals surface area contributed by atoms with Crippen LogP contribution in [-0.2, 0) is 4.79 Å². The lowest BCUT2D eigenvalue weighted by Crippen LogP contribution is -2.23. The van der Waals surface area contributed by atoms with Crippen LogP contribution in [0.5, 0.6) is 5.75 Å². The summed E-state index contributed by atoms with van der Waals surface area (Å²) >= 11 is 0. The van der Waals surface area contributed by atoms with Crippen LogP contribution >= 0.6 is 0 Å². The fourth-order valence-corrected chi connectivity index (χ4v) is 1.42. The van der Waals surface area contributed by atoms with Gasteiger partial charge in [-0.1, -0.05) is 6.92 Å². The van der Waals surface area contributed by atoms with Crippen LogP contribution in [0.2, 0.25) is 0 Å². The normalized spacial score (nSPS) is 11.9. The van der Waals surface area contributed by atoms with Crippen molar-refractivity contribution in [2.24, 2.45) is 0 Å². The monoisotopic (exact) mass is 237 g/mol. The van der Waals surface area contributed by atoms with E-state index in [0.717, 1.165) is 0 Å². The van der Waals surface area contributed by atoms with Gasteiger partial charge in [0.15, 0.2) is 11.9 Å². The molecule has 0 aromatic heterocycles. The van der Waals surface area contributed by atoms with Gasteiger partial charge in [-0.25, -0.2) is 0 Å². The van der Waals surface area contributed by atoms with Crippen LogP contribution in [0.25, 0.3) is 0 Å². The van der Waals surface area contributed by atoms with Gasteiger partial charge in [-0.3, -0.25) is 14.9 Å². The predicted octanol–water partition coefficient (Wildman–Crippen LogP) is 2.65. The lowest BCUT2D eigenvalue weighted by Gasteiger charge is -2.14. The SMILES string of the molecule is CCC(=O)C(C)Oc1ccc([N+](=O)[O-])cc1C. The molecule has 5 heteroatoms. The van der Waals surface area contributed by atoms with E-state index in [1.165, 1.54) is 18.2 Å². The van der Waals surface area contributed by atoms with E-state index in [2.05, 4.69) is 0 Å². The predicted molar refractivity (Wildman–Crippen MR) is 63.2 cm³/mol. The van der Waals surface area contributed by atoms with Crippen LogP contribution < -0.4 is 4.74 Å². The number of benzene rings is 1.